The fourth-order valence-corrected chi connectivity index (χ4v) is 2.57. The van der Waals surface area contributed by atoms with Crippen LogP contribution in [0.2, 0.25) is 0 Å². The van der Waals surface area contributed by atoms with Crippen molar-refractivity contribution in [3.63, 3.8) is 0 Å². The van der Waals surface area contributed by atoms with Gasteiger partial charge in [-0.3, -0.25) is 4.98 Å². The third kappa shape index (κ3) is 3.32. The number of rotatable bonds is 4. The van der Waals surface area contributed by atoms with Crippen molar-refractivity contribution in [2.45, 2.75) is 17.6 Å². The number of nitrogens with zero attached hydrogens (tertiary/aromatic N) is 1. The lowest BCUT2D eigenvalue weighted by molar-refractivity contribution is 0.0696. The number of hydrogen-bond acceptors (Lipinski definition) is 3. The lowest BCUT2D eigenvalue weighted by Gasteiger charge is -2.06. The number of aryl methyl sites for hydroxylation is 1. The number of carbonyl (C=O) groups is 1. The predicted molar refractivity (Wildman–Crippen MR) is 71.9 cm³/mol. The Bertz CT molecular complexity index is 616. The number of pyridine rings is 1. The van der Waals surface area contributed by atoms with E-state index < -0.39 is 11.8 Å². The standard InChI is InChI=1S/C14H12FNO2S/c1-9-3-2-6-16-12(9)8-19-13-7-10(14(17)18)4-5-11(13)15/h2-7H,8H2,1H3,(H,17,18). The predicted octanol–water partition coefficient (Wildman–Crippen LogP) is 3.52. The topological polar surface area (TPSA) is 50.2 Å². The molecule has 0 aliphatic carbocycles. The van der Waals surface area contributed by atoms with E-state index in [0.29, 0.717) is 10.6 Å². The van der Waals surface area contributed by atoms with E-state index in [1.807, 2.05) is 19.1 Å². The van der Waals surface area contributed by atoms with Crippen molar-refractivity contribution < 1.29 is 14.3 Å². The Hall–Kier alpha value is -1.88. The molecule has 0 saturated heterocycles. The molecule has 5 heteroatoms. The summed E-state index contributed by atoms with van der Waals surface area (Å²) in [5.74, 6) is -0.966. The van der Waals surface area contributed by atoms with Crippen molar-refractivity contribution in [2.24, 2.45) is 0 Å². The molecule has 0 saturated carbocycles. The summed E-state index contributed by atoms with van der Waals surface area (Å²) in [5.41, 5.74) is 1.99. The molecule has 1 aromatic heterocycles. The zero-order valence-corrected chi connectivity index (χ0v) is 11.1. The van der Waals surface area contributed by atoms with E-state index in [2.05, 4.69) is 4.98 Å². The van der Waals surface area contributed by atoms with Crippen LogP contribution >= 0.6 is 11.8 Å². The van der Waals surface area contributed by atoms with Crippen LogP contribution in [0.25, 0.3) is 0 Å². The van der Waals surface area contributed by atoms with Gasteiger partial charge in [-0.15, -0.1) is 11.8 Å². The number of carboxylic acid groups (broad SMARTS) is 1. The van der Waals surface area contributed by atoms with Crippen LogP contribution in [-0.4, -0.2) is 16.1 Å². The van der Waals surface area contributed by atoms with Crippen molar-refractivity contribution in [1.29, 1.82) is 0 Å². The molecule has 0 radical (unpaired) electrons. The van der Waals surface area contributed by atoms with Crippen LogP contribution in [0.15, 0.2) is 41.4 Å². The van der Waals surface area contributed by atoms with Gasteiger partial charge in [-0.2, -0.15) is 0 Å². The largest absolute Gasteiger partial charge is 0.478 e. The maximum atomic E-state index is 13.6. The van der Waals surface area contributed by atoms with Crippen molar-refractivity contribution in [3.05, 3.63) is 59.2 Å². The molecule has 19 heavy (non-hydrogen) atoms. The first-order valence-electron chi connectivity index (χ1n) is 5.64. The van der Waals surface area contributed by atoms with Crippen LogP contribution in [0, 0.1) is 12.7 Å². The highest BCUT2D eigenvalue weighted by atomic mass is 32.2. The van der Waals surface area contributed by atoms with Gasteiger partial charge in [-0.1, -0.05) is 6.07 Å². The molecule has 0 atom stereocenters. The minimum absolute atomic E-state index is 0.0849. The number of aromatic carboxylic acids is 1. The van der Waals surface area contributed by atoms with Gasteiger partial charge in [-0.25, -0.2) is 9.18 Å². The molecule has 1 aromatic carbocycles. The number of benzene rings is 1. The second kappa shape index (κ2) is 5.84. The van der Waals surface area contributed by atoms with E-state index in [1.165, 1.54) is 30.0 Å². The first kappa shape index (κ1) is 13.5. The number of hydrogen-bond donors (Lipinski definition) is 1. The Kier molecular flexibility index (Phi) is 4.16. The normalized spacial score (nSPS) is 10.4. The van der Waals surface area contributed by atoms with Gasteiger partial charge in [-0.05, 0) is 36.8 Å². The fourth-order valence-electron chi connectivity index (χ4n) is 1.56. The van der Waals surface area contributed by atoms with Gasteiger partial charge in [0.1, 0.15) is 5.82 Å². The summed E-state index contributed by atoms with van der Waals surface area (Å²) in [4.78, 5) is 15.4. The summed E-state index contributed by atoms with van der Waals surface area (Å²) in [6.45, 7) is 1.94. The summed E-state index contributed by atoms with van der Waals surface area (Å²) in [7, 11) is 0. The number of thioether (sulfide) groups is 1. The van der Waals surface area contributed by atoms with Crippen molar-refractivity contribution in [3.8, 4) is 0 Å². The van der Waals surface area contributed by atoms with Gasteiger partial charge in [0.25, 0.3) is 0 Å². The Labute approximate surface area is 114 Å². The molecule has 98 valence electrons. The molecule has 0 amide bonds. The van der Waals surface area contributed by atoms with E-state index in [1.54, 1.807) is 6.20 Å². The quantitative estimate of drug-likeness (QED) is 0.869. The summed E-state index contributed by atoms with van der Waals surface area (Å²) < 4.78 is 13.6. The molecule has 3 nitrogen and oxygen atoms in total. The first-order valence-corrected chi connectivity index (χ1v) is 6.62. The molecule has 2 rings (SSSR count). The minimum atomic E-state index is -1.06. The lowest BCUT2D eigenvalue weighted by atomic mass is 10.2. The molecular weight excluding hydrogens is 265 g/mol. The van der Waals surface area contributed by atoms with Crippen LogP contribution in [0.5, 0.6) is 0 Å². The summed E-state index contributed by atoms with van der Waals surface area (Å²) >= 11 is 1.25. The zero-order valence-electron chi connectivity index (χ0n) is 10.3. The monoisotopic (exact) mass is 277 g/mol. The summed E-state index contributed by atoms with van der Waals surface area (Å²) in [5, 5.41) is 8.89. The average molecular weight is 277 g/mol. The number of aromatic nitrogens is 1. The Morgan fingerprint density at radius 2 is 2.21 bits per heavy atom. The van der Waals surface area contributed by atoms with E-state index in [4.69, 9.17) is 5.11 Å². The maximum Gasteiger partial charge on any atom is 0.335 e. The van der Waals surface area contributed by atoms with Crippen molar-refractivity contribution >= 4 is 17.7 Å². The summed E-state index contributed by atoms with van der Waals surface area (Å²) in [6, 6.07) is 7.56. The fraction of sp³-hybridized carbons (Fsp3) is 0.143. The van der Waals surface area contributed by atoms with Gasteiger partial charge in [0, 0.05) is 16.8 Å². The SMILES string of the molecule is Cc1cccnc1CSc1cc(C(=O)O)ccc1F. The van der Waals surface area contributed by atoms with Crippen LogP contribution < -0.4 is 0 Å². The van der Waals surface area contributed by atoms with Gasteiger partial charge >= 0.3 is 5.97 Å². The third-order valence-corrected chi connectivity index (χ3v) is 3.70. The van der Waals surface area contributed by atoms with E-state index >= 15 is 0 Å². The van der Waals surface area contributed by atoms with Crippen LogP contribution in [0.3, 0.4) is 0 Å². The molecule has 2 aromatic rings. The zero-order chi connectivity index (χ0) is 13.8. The van der Waals surface area contributed by atoms with Gasteiger partial charge < -0.3 is 5.11 Å². The Balaban J connectivity index is 2.17. The van der Waals surface area contributed by atoms with Gasteiger partial charge in [0.2, 0.25) is 0 Å². The van der Waals surface area contributed by atoms with Crippen LogP contribution in [0.4, 0.5) is 4.39 Å². The van der Waals surface area contributed by atoms with Crippen molar-refractivity contribution in [2.75, 3.05) is 0 Å². The van der Waals surface area contributed by atoms with Gasteiger partial charge in [0.15, 0.2) is 0 Å². The Morgan fingerprint density at radius 3 is 2.89 bits per heavy atom. The molecule has 1 heterocycles. The molecule has 1 N–H and O–H groups in total. The minimum Gasteiger partial charge on any atom is -0.478 e. The maximum absolute atomic E-state index is 13.6. The highest BCUT2D eigenvalue weighted by Gasteiger charge is 2.10. The third-order valence-electron chi connectivity index (χ3n) is 2.66. The van der Waals surface area contributed by atoms with Crippen LogP contribution in [-0.2, 0) is 5.75 Å². The second-order valence-corrected chi connectivity index (χ2v) is 5.02. The smallest absolute Gasteiger partial charge is 0.335 e. The molecule has 0 bridgehead atoms. The molecule has 0 spiro atoms. The second-order valence-electron chi connectivity index (χ2n) is 4.01. The van der Waals surface area contributed by atoms with E-state index in [0.717, 1.165) is 11.3 Å². The average Bonchev–Trinajstić information content (AvgIpc) is 2.39. The molecule has 0 fully saturated rings. The number of halogens is 1. The molecular formula is C14H12FNO2S. The van der Waals surface area contributed by atoms with E-state index in [9.17, 15) is 9.18 Å². The van der Waals surface area contributed by atoms with E-state index in [-0.39, 0.29) is 5.56 Å². The first-order chi connectivity index (χ1) is 9.08. The molecule has 0 aliphatic rings. The molecule has 0 aliphatic heterocycles. The number of carboxylic acids is 1. The Morgan fingerprint density at radius 1 is 1.42 bits per heavy atom. The van der Waals surface area contributed by atoms with Crippen LogP contribution in [0.1, 0.15) is 21.6 Å². The highest BCUT2D eigenvalue weighted by Crippen LogP contribution is 2.26. The highest BCUT2D eigenvalue weighted by molar-refractivity contribution is 7.98. The summed E-state index contributed by atoms with van der Waals surface area (Å²) in [6.07, 6.45) is 1.69. The lowest BCUT2D eigenvalue weighted by Crippen LogP contribution is -1.97. The van der Waals surface area contributed by atoms with Gasteiger partial charge in [0.05, 0.1) is 11.3 Å². The van der Waals surface area contributed by atoms with Crippen molar-refractivity contribution in [1.82, 2.24) is 4.98 Å². The molecule has 0 unspecified atom stereocenters.